The van der Waals surface area contributed by atoms with Crippen LogP contribution < -0.4 is 15.4 Å². The van der Waals surface area contributed by atoms with Crippen LogP contribution in [0.2, 0.25) is 0 Å². The Balaban J connectivity index is 1.89. The Labute approximate surface area is 116 Å². The summed E-state index contributed by atoms with van der Waals surface area (Å²) in [6.07, 6.45) is 1.96. The Bertz CT molecular complexity index is 443. The van der Waals surface area contributed by atoms with Gasteiger partial charge in [-0.1, -0.05) is 0 Å². The van der Waals surface area contributed by atoms with Crippen molar-refractivity contribution in [2.24, 2.45) is 0 Å². The van der Waals surface area contributed by atoms with Crippen LogP contribution in [0, 0.1) is 0 Å². The van der Waals surface area contributed by atoms with Gasteiger partial charge in [-0.15, -0.1) is 0 Å². The van der Waals surface area contributed by atoms with Crippen molar-refractivity contribution in [2.45, 2.75) is 38.5 Å². The lowest BCUT2D eigenvalue weighted by molar-refractivity contribution is -0.0498. The monoisotopic (exact) mass is 284 g/mol. The van der Waals surface area contributed by atoms with Gasteiger partial charge in [-0.3, -0.25) is 4.79 Å². The predicted molar refractivity (Wildman–Crippen MR) is 71.0 cm³/mol. The molecule has 2 rings (SSSR count). The molecule has 1 fully saturated rings. The molecule has 1 saturated heterocycles. The van der Waals surface area contributed by atoms with Crippen LogP contribution >= 0.6 is 0 Å². The molecule has 0 spiro atoms. The van der Waals surface area contributed by atoms with Crippen molar-refractivity contribution < 1.29 is 18.3 Å². The summed E-state index contributed by atoms with van der Waals surface area (Å²) in [7, 11) is 0. The largest absolute Gasteiger partial charge is 0.435 e. The summed E-state index contributed by atoms with van der Waals surface area (Å²) >= 11 is 0. The van der Waals surface area contributed by atoms with Crippen molar-refractivity contribution in [1.82, 2.24) is 10.6 Å². The molecule has 0 saturated carbocycles. The smallest absolute Gasteiger partial charge is 0.387 e. The first kappa shape index (κ1) is 14.7. The Morgan fingerprint density at radius 3 is 2.60 bits per heavy atom. The molecule has 4 nitrogen and oxygen atoms in total. The zero-order valence-electron chi connectivity index (χ0n) is 11.2. The van der Waals surface area contributed by atoms with Crippen LogP contribution in [0.15, 0.2) is 24.3 Å². The number of benzene rings is 1. The molecule has 1 heterocycles. The van der Waals surface area contributed by atoms with Gasteiger partial charge in [0.05, 0.1) is 0 Å². The van der Waals surface area contributed by atoms with Crippen LogP contribution in [-0.4, -0.2) is 31.1 Å². The van der Waals surface area contributed by atoms with Crippen molar-refractivity contribution in [3.05, 3.63) is 29.8 Å². The predicted octanol–water partition coefficient (Wildman–Crippen LogP) is 2.16. The lowest BCUT2D eigenvalue weighted by atomic mass is 10.0. The van der Waals surface area contributed by atoms with Crippen molar-refractivity contribution in [3.63, 3.8) is 0 Å². The molecule has 20 heavy (non-hydrogen) atoms. The number of nitrogens with one attached hydrogen (secondary N) is 2. The number of hydrogen-bond donors (Lipinski definition) is 2. The summed E-state index contributed by atoms with van der Waals surface area (Å²) in [6, 6.07) is 6.27. The molecule has 0 aromatic heterocycles. The number of ether oxygens (including phenoxy) is 1. The highest BCUT2D eigenvalue weighted by Gasteiger charge is 2.19. The molecule has 1 amide bonds. The summed E-state index contributed by atoms with van der Waals surface area (Å²) in [5.41, 5.74) is 0.435. The van der Waals surface area contributed by atoms with Crippen LogP contribution in [0.4, 0.5) is 8.78 Å². The Morgan fingerprint density at radius 2 is 2.05 bits per heavy atom. The molecule has 1 aliphatic heterocycles. The first-order valence-electron chi connectivity index (χ1n) is 6.63. The standard InChI is InChI=1S/C14H18F2N2O2/c1-9-2-5-11(8-17-9)18-13(19)10-3-6-12(7-4-10)20-14(15)16/h3-4,6-7,9,11,14,17H,2,5,8H2,1H3,(H,18,19). The molecule has 1 aliphatic rings. The molecule has 0 radical (unpaired) electrons. The van der Waals surface area contributed by atoms with Gasteiger partial charge in [0.2, 0.25) is 0 Å². The molecule has 2 atom stereocenters. The van der Waals surface area contributed by atoms with Gasteiger partial charge < -0.3 is 15.4 Å². The maximum Gasteiger partial charge on any atom is 0.387 e. The van der Waals surface area contributed by atoms with E-state index < -0.39 is 6.61 Å². The fourth-order valence-corrected chi connectivity index (χ4v) is 2.18. The molecule has 1 aromatic rings. The van der Waals surface area contributed by atoms with Gasteiger partial charge in [-0.25, -0.2) is 0 Å². The van der Waals surface area contributed by atoms with E-state index in [9.17, 15) is 13.6 Å². The lowest BCUT2D eigenvalue weighted by Crippen LogP contribution is -2.48. The van der Waals surface area contributed by atoms with E-state index in [0.717, 1.165) is 19.4 Å². The second kappa shape index (κ2) is 6.65. The van der Waals surface area contributed by atoms with E-state index in [-0.39, 0.29) is 17.7 Å². The Hall–Kier alpha value is -1.69. The summed E-state index contributed by atoms with van der Waals surface area (Å²) in [5.74, 6) is -0.153. The number of carbonyl (C=O) groups excluding carboxylic acids is 1. The second-order valence-corrected chi connectivity index (χ2v) is 4.96. The van der Waals surface area contributed by atoms with E-state index in [4.69, 9.17) is 0 Å². The van der Waals surface area contributed by atoms with Gasteiger partial charge in [0.1, 0.15) is 5.75 Å². The van der Waals surface area contributed by atoms with Crippen LogP contribution in [0.5, 0.6) is 5.75 Å². The summed E-state index contributed by atoms with van der Waals surface area (Å²) in [4.78, 5) is 12.0. The maximum atomic E-state index is 12.0. The number of piperidine rings is 1. The average molecular weight is 284 g/mol. The van der Waals surface area contributed by atoms with Crippen LogP contribution in [0.1, 0.15) is 30.1 Å². The van der Waals surface area contributed by atoms with E-state index in [2.05, 4.69) is 22.3 Å². The third kappa shape index (κ3) is 4.16. The molecular formula is C14H18F2N2O2. The minimum Gasteiger partial charge on any atom is -0.435 e. The van der Waals surface area contributed by atoms with Crippen LogP contribution in [-0.2, 0) is 0 Å². The molecule has 110 valence electrons. The third-order valence-electron chi connectivity index (χ3n) is 3.34. The fraction of sp³-hybridized carbons (Fsp3) is 0.500. The van der Waals surface area contributed by atoms with E-state index in [1.165, 1.54) is 24.3 Å². The van der Waals surface area contributed by atoms with Crippen molar-refractivity contribution in [3.8, 4) is 5.75 Å². The molecule has 2 unspecified atom stereocenters. The Morgan fingerprint density at radius 1 is 1.35 bits per heavy atom. The van der Waals surface area contributed by atoms with Crippen molar-refractivity contribution in [2.75, 3.05) is 6.54 Å². The molecule has 1 aromatic carbocycles. The van der Waals surface area contributed by atoms with Crippen LogP contribution in [0.3, 0.4) is 0 Å². The summed E-state index contributed by atoms with van der Waals surface area (Å²) < 4.78 is 28.3. The summed E-state index contributed by atoms with van der Waals surface area (Å²) in [6.45, 7) is 0.00388. The number of carbonyl (C=O) groups is 1. The van der Waals surface area contributed by atoms with Crippen LogP contribution in [0.25, 0.3) is 0 Å². The van der Waals surface area contributed by atoms with E-state index in [1.807, 2.05) is 0 Å². The SMILES string of the molecule is CC1CCC(NC(=O)c2ccc(OC(F)F)cc2)CN1. The fourth-order valence-electron chi connectivity index (χ4n) is 2.18. The first-order valence-corrected chi connectivity index (χ1v) is 6.63. The van der Waals surface area contributed by atoms with Gasteiger partial charge in [0.15, 0.2) is 0 Å². The first-order chi connectivity index (χ1) is 9.54. The van der Waals surface area contributed by atoms with Gasteiger partial charge >= 0.3 is 6.61 Å². The summed E-state index contributed by atoms with van der Waals surface area (Å²) in [5, 5.41) is 6.23. The van der Waals surface area contributed by atoms with Gasteiger partial charge in [-0.2, -0.15) is 8.78 Å². The van der Waals surface area contributed by atoms with Crippen molar-refractivity contribution in [1.29, 1.82) is 0 Å². The quantitative estimate of drug-likeness (QED) is 0.891. The second-order valence-electron chi connectivity index (χ2n) is 4.96. The van der Waals surface area contributed by atoms with Gasteiger partial charge in [-0.05, 0) is 44.0 Å². The van der Waals surface area contributed by atoms with E-state index in [0.29, 0.717) is 11.6 Å². The molecule has 6 heteroatoms. The van der Waals surface area contributed by atoms with Gasteiger partial charge in [0.25, 0.3) is 5.91 Å². The number of hydrogen-bond acceptors (Lipinski definition) is 3. The minimum absolute atomic E-state index is 0.0460. The molecular weight excluding hydrogens is 266 g/mol. The van der Waals surface area contributed by atoms with E-state index >= 15 is 0 Å². The normalized spacial score (nSPS) is 22.6. The van der Waals surface area contributed by atoms with Gasteiger partial charge in [0, 0.05) is 24.2 Å². The highest BCUT2D eigenvalue weighted by Crippen LogP contribution is 2.15. The number of alkyl halides is 2. The highest BCUT2D eigenvalue weighted by atomic mass is 19.3. The highest BCUT2D eigenvalue weighted by molar-refractivity contribution is 5.94. The zero-order chi connectivity index (χ0) is 14.5. The lowest BCUT2D eigenvalue weighted by Gasteiger charge is -2.28. The average Bonchev–Trinajstić information content (AvgIpc) is 2.41. The topological polar surface area (TPSA) is 50.4 Å². The minimum atomic E-state index is -2.86. The molecule has 0 bridgehead atoms. The van der Waals surface area contributed by atoms with Crippen molar-refractivity contribution >= 4 is 5.91 Å². The number of halogens is 2. The maximum absolute atomic E-state index is 12.0. The molecule has 2 N–H and O–H groups in total. The van der Waals surface area contributed by atoms with E-state index in [1.54, 1.807) is 0 Å². The number of amides is 1. The third-order valence-corrected chi connectivity index (χ3v) is 3.34. The molecule has 0 aliphatic carbocycles. The number of rotatable bonds is 4. The Kier molecular flexibility index (Phi) is 4.89. The zero-order valence-corrected chi connectivity index (χ0v) is 11.2.